The predicted octanol–water partition coefficient (Wildman–Crippen LogP) is 3.40. The number of rotatable bonds is 3. The highest BCUT2D eigenvalue weighted by Crippen LogP contribution is 2.39. The van der Waals surface area contributed by atoms with Crippen LogP contribution in [0, 0.1) is 0 Å². The van der Waals surface area contributed by atoms with Crippen molar-refractivity contribution in [1.82, 2.24) is 9.78 Å². The van der Waals surface area contributed by atoms with Crippen LogP contribution in [0.25, 0.3) is 0 Å². The van der Waals surface area contributed by atoms with E-state index in [4.69, 9.17) is 10.7 Å². The van der Waals surface area contributed by atoms with Gasteiger partial charge in [0.15, 0.2) is 0 Å². The number of nitrogens with zero attached hydrogens (tertiary/aromatic N) is 2. The van der Waals surface area contributed by atoms with Crippen LogP contribution in [0.15, 0.2) is 11.1 Å². The van der Waals surface area contributed by atoms with E-state index in [1.54, 1.807) is 4.68 Å². The van der Waals surface area contributed by atoms with E-state index >= 15 is 0 Å². The molecule has 0 amide bonds. The molecule has 6 heteroatoms. The molecule has 2 rings (SSSR count). The Morgan fingerprint density at radius 3 is 2.77 bits per heavy atom. The van der Waals surface area contributed by atoms with Crippen LogP contribution in [0.4, 0.5) is 8.78 Å². The van der Waals surface area contributed by atoms with Crippen LogP contribution < -0.4 is 0 Å². The second-order valence-corrected chi connectivity index (χ2v) is 4.00. The summed E-state index contributed by atoms with van der Waals surface area (Å²) in [5.41, 5.74) is -0.185. The summed E-state index contributed by atoms with van der Waals surface area (Å²) in [6.07, 6.45) is -0.494. The van der Waals surface area contributed by atoms with Crippen molar-refractivity contribution in [2.24, 2.45) is 0 Å². The van der Waals surface area contributed by atoms with Gasteiger partial charge in [-0.05, 0) is 23.5 Å². The summed E-state index contributed by atoms with van der Waals surface area (Å²) >= 11 is 0. The maximum Gasteiger partial charge on any atom is 0.282 e. The van der Waals surface area contributed by atoms with E-state index in [-0.39, 0.29) is 11.7 Å². The summed E-state index contributed by atoms with van der Waals surface area (Å²) in [7, 11) is 6.47. The molecule has 72 valence electrons. The van der Waals surface area contributed by atoms with Crippen molar-refractivity contribution in [2.75, 3.05) is 0 Å². The molecule has 0 N–H and O–H groups in total. The fourth-order valence-corrected chi connectivity index (χ4v) is 1.91. The van der Waals surface area contributed by atoms with E-state index in [2.05, 4.69) is 5.10 Å². The van der Waals surface area contributed by atoms with Crippen molar-refractivity contribution in [1.29, 1.82) is 0 Å². The van der Waals surface area contributed by atoms with Crippen LogP contribution in [-0.2, 0) is 0 Å². The molecule has 13 heavy (non-hydrogen) atoms. The number of hydrogen-bond donors (Lipinski definition) is 0. The van der Waals surface area contributed by atoms with Gasteiger partial charge in [0.05, 0.1) is 6.04 Å². The third-order valence-corrected chi connectivity index (χ3v) is 2.85. The monoisotopic (exact) mass is 224 g/mol. The topological polar surface area (TPSA) is 17.8 Å². The third-order valence-electron chi connectivity index (χ3n) is 1.92. The van der Waals surface area contributed by atoms with Crippen molar-refractivity contribution in [2.45, 2.75) is 30.3 Å². The number of aromatic nitrogens is 2. The van der Waals surface area contributed by atoms with Gasteiger partial charge in [-0.2, -0.15) is 5.10 Å². The molecular formula is C7H7ClF2N2S. The molecule has 0 aromatic carbocycles. The van der Waals surface area contributed by atoms with Gasteiger partial charge in [-0.3, -0.25) is 4.68 Å². The van der Waals surface area contributed by atoms with Gasteiger partial charge in [-0.1, -0.05) is 0 Å². The molecule has 0 aliphatic heterocycles. The highest BCUT2D eigenvalue weighted by atomic mass is 35.7. The quantitative estimate of drug-likeness (QED) is 0.783. The lowest BCUT2D eigenvalue weighted by molar-refractivity contribution is 0.145. The third kappa shape index (κ3) is 1.81. The van der Waals surface area contributed by atoms with E-state index in [1.165, 1.54) is 6.07 Å². The van der Waals surface area contributed by atoms with Crippen molar-refractivity contribution in [3.8, 4) is 0 Å². The minimum Gasteiger partial charge on any atom is -0.254 e. The first-order chi connectivity index (χ1) is 6.22. The van der Waals surface area contributed by atoms with E-state index in [9.17, 15) is 8.78 Å². The van der Waals surface area contributed by atoms with Gasteiger partial charge in [0.25, 0.3) is 6.43 Å². The van der Waals surface area contributed by atoms with Crippen molar-refractivity contribution in [3.05, 3.63) is 11.8 Å². The number of alkyl halides is 2. The molecule has 0 radical (unpaired) electrons. The van der Waals surface area contributed by atoms with Crippen molar-refractivity contribution >= 4 is 21.7 Å². The van der Waals surface area contributed by atoms with Crippen molar-refractivity contribution in [3.63, 3.8) is 0 Å². The first-order valence-electron chi connectivity index (χ1n) is 3.88. The molecule has 2 nitrogen and oxygen atoms in total. The van der Waals surface area contributed by atoms with Crippen LogP contribution in [0.5, 0.6) is 0 Å². The second kappa shape index (κ2) is 3.46. The Hall–Kier alpha value is -0.290. The number of halogens is 3. The van der Waals surface area contributed by atoms with Crippen LogP contribution in [0.3, 0.4) is 0 Å². The molecule has 1 fully saturated rings. The zero-order valence-electron chi connectivity index (χ0n) is 6.58. The lowest BCUT2D eigenvalue weighted by Crippen LogP contribution is -1.98. The average Bonchev–Trinajstić information content (AvgIpc) is 2.84. The Bertz CT molecular complexity index is 311. The van der Waals surface area contributed by atoms with Crippen LogP contribution >= 0.6 is 21.7 Å². The van der Waals surface area contributed by atoms with Crippen LogP contribution in [-0.4, -0.2) is 9.78 Å². The average molecular weight is 225 g/mol. The molecule has 1 aliphatic carbocycles. The SMILES string of the molecule is FC(F)c1cc(SCl)n(C2CC2)n1. The fraction of sp³-hybridized carbons (Fsp3) is 0.571. The minimum absolute atomic E-state index is 0.185. The molecule has 0 unspecified atom stereocenters. The van der Waals surface area contributed by atoms with Gasteiger partial charge in [-0.25, -0.2) is 8.78 Å². The predicted molar refractivity (Wildman–Crippen MR) is 47.2 cm³/mol. The molecular weight excluding hydrogens is 218 g/mol. The molecule has 1 saturated carbocycles. The lowest BCUT2D eigenvalue weighted by atomic mass is 10.5. The van der Waals surface area contributed by atoms with E-state index < -0.39 is 6.43 Å². The van der Waals surface area contributed by atoms with Gasteiger partial charge in [0, 0.05) is 17.0 Å². The summed E-state index contributed by atoms with van der Waals surface area (Å²) < 4.78 is 26.1. The molecule has 0 spiro atoms. The van der Waals surface area contributed by atoms with Crippen LogP contribution in [0.2, 0.25) is 0 Å². The van der Waals surface area contributed by atoms with Gasteiger partial charge in [0.2, 0.25) is 0 Å². The lowest BCUT2D eigenvalue weighted by Gasteiger charge is -1.99. The molecule has 1 aromatic rings. The summed E-state index contributed by atoms with van der Waals surface area (Å²) in [4.78, 5) is 0. The molecule has 1 aromatic heterocycles. The largest absolute Gasteiger partial charge is 0.282 e. The fourth-order valence-electron chi connectivity index (χ4n) is 1.14. The Morgan fingerprint density at radius 1 is 1.62 bits per heavy atom. The van der Waals surface area contributed by atoms with E-state index in [0.29, 0.717) is 5.03 Å². The first-order valence-corrected chi connectivity index (χ1v) is 5.53. The molecule has 1 heterocycles. The zero-order valence-corrected chi connectivity index (χ0v) is 8.16. The molecule has 0 saturated heterocycles. The molecule has 0 bridgehead atoms. The second-order valence-electron chi connectivity index (χ2n) is 2.96. The zero-order chi connectivity index (χ0) is 9.42. The summed E-state index contributed by atoms with van der Waals surface area (Å²) in [5.74, 6) is 0. The Balaban J connectivity index is 2.31. The molecule has 0 atom stereocenters. The normalized spacial score (nSPS) is 16.9. The standard InChI is InChI=1S/C7H7ClF2N2S/c8-13-6-3-5(7(9)10)11-12(6)4-1-2-4/h3-4,7H,1-2H2. The van der Waals surface area contributed by atoms with Gasteiger partial charge in [0.1, 0.15) is 10.7 Å². The van der Waals surface area contributed by atoms with Gasteiger partial charge >= 0.3 is 0 Å². The minimum atomic E-state index is -2.51. The summed E-state index contributed by atoms with van der Waals surface area (Å²) in [5, 5.41) is 4.41. The van der Waals surface area contributed by atoms with Gasteiger partial charge in [-0.15, -0.1) is 0 Å². The highest BCUT2D eigenvalue weighted by Gasteiger charge is 2.28. The molecule has 1 aliphatic rings. The Morgan fingerprint density at radius 2 is 2.31 bits per heavy atom. The Kier molecular flexibility index (Phi) is 2.47. The number of hydrogen-bond acceptors (Lipinski definition) is 2. The maximum absolute atomic E-state index is 12.3. The first kappa shape index (κ1) is 9.27. The van der Waals surface area contributed by atoms with E-state index in [0.717, 1.165) is 23.8 Å². The Labute approximate surface area is 82.8 Å². The maximum atomic E-state index is 12.3. The smallest absolute Gasteiger partial charge is 0.254 e. The van der Waals surface area contributed by atoms with Crippen molar-refractivity contribution < 1.29 is 8.78 Å². The van der Waals surface area contributed by atoms with E-state index in [1.807, 2.05) is 0 Å². The highest BCUT2D eigenvalue weighted by molar-refractivity contribution is 8.21. The summed E-state index contributed by atoms with van der Waals surface area (Å²) in [6.45, 7) is 0. The van der Waals surface area contributed by atoms with Crippen LogP contribution in [0.1, 0.15) is 31.0 Å². The summed E-state index contributed by atoms with van der Waals surface area (Å²) in [6, 6.07) is 1.63. The van der Waals surface area contributed by atoms with Gasteiger partial charge < -0.3 is 0 Å².